The molecule has 0 spiro atoms. The molecule has 3 aromatic rings. The molecule has 1 atom stereocenters. The first-order valence-electron chi connectivity index (χ1n) is 7.80. The van der Waals surface area contributed by atoms with Crippen LogP contribution in [0.1, 0.15) is 24.0 Å². The molecular formula is C19H16Cl2O5. The van der Waals surface area contributed by atoms with Crippen molar-refractivity contribution in [1.29, 1.82) is 0 Å². The fourth-order valence-corrected chi connectivity index (χ4v) is 3.11. The van der Waals surface area contributed by atoms with Gasteiger partial charge in [-0.25, -0.2) is 0 Å². The van der Waals surface area contributed by atoms with Gasteiger partial charge in [0.25, 0.3) is 0 Å². The molecule has 3 rings (SSSR count). The summed E-state index contributed by atoms with van der Waals surface area (Å²) < 4.78 is 16.8. The number of rotatable bonds is 6. The van der Waals surface area contributed by atoms with E-state index in [9.17, 15) is 9.90 Å². The van der Waals surface area contributed by atoms with Gasteiger partial charge in [-0.1, -0.05) is 29.3 Å². The molecule has 2 aromatic carbocycles. The number of carboxylic acids is 1. The number of methoxy groups -OCH3 is 1. The monoisotopic (exact) mass is 394 g/mol. The molecule has 7 heteroatoms. The second-order valence-corrected chi connectivity index (χ2v) is 6.59. The number of hydrogen-bond donors (Lipinski definition) is 1. The van der Waals surface area contributed by atoms with Crippen molar-refractivity contribution in [2.24, 2.45) is 0 Å². The Morgan fingerprint density at radius 2 is 2.04 bits per heavy atom. The van der Waals surface area contributed by atoms with E-state index < -0.39 is 11.9 Å². The van der Waals surface area contributed by atoms with E-state index in [4.69, 9.17) is 37.1 Å². The number of furan rings is 1. The van der Waals surface area contributed by atoms with Crippen LogP contribution in [-0.2, 0) is 11.4 Å². The molecule has 1 unspecified atom stereocenters. The van der Waals surface area contributed by atoms with Gasteiger partial charge >= 0.3 is 5.97 Å². The largest absolute Gasteiger partial charge is 0.490 e. The van der Waals surface area contributed by atoms with Crippen LogP contribution in [0.2, 0.25) is 10.0 Å². The summed E-state index contributed by atoms with van der Waals surface area (Å²) in [5.41, 5.74) is 1.80. The predicted molar refractivity (Wildman–Crippen MR) is 99.6 cm³/mol. The summed E-state index contributed by atoms with van der Waals surface area (Å²) in [5, 5.41) is 11.0. The zero-order chi connectivity index (χ0) is 18.8. The second-order valence-electron chi connectivity index (χ2n) is 5.75. The summed E-state index contributed by atoms with van der Waals surface area (Å²) >= 11 is 12.1. The van der Waals surface area contributed by atoms with E-state index >= 15 is 0 Å². The molecule has 1 aromatic heterocycles. The third kappa shape index (κ3) is 3.45. The Balaban J connectivity index is 1.93. The highest BCUT2D eigenvalue weighted by atomic mass is 35.5. The first kappa shape index (κ1) is 18.4. The van der Waals surface area contributed by atoms with E-state index in [-0.39, 0.29) is 6.61 Å². The lowest BCUT2D eigenvalue weighted by Gasteiger charge is -2.12. The van der Waals surface area contributed by atoms with Crippen molar-refractivity contribution in [2.45, 2.75) is 19.4 Å². The number of hydrogen-bond acceptors (Lipinski definition) is 4. The highest BCUT2D eigenvalue weighted by Gasteiger charge is 2.22. The molecule has 0 bridgehead atoms. The van der Waals surface area contributed by atoms with Crippen LogP contribution in [0.4, 0.5) is 0 Å². The molecule has 0 aliphatic carbocycles. The summed E-state index contributed by atoms with van der Waals surface area (Å²) in [6.07, 6.45) is 1.44. The van der Waals surface area contributed by atoms with E-state index in [2.05, 4.69) is 0 Å². The maximum Gasteiger partial charge on any atom is 0.310 e. The van der Waals surface area contributed by atoms with Crippen molar-refractivity contribution in [1.82, 2.24) is 0 Å². The molecule has 5 nitrogen and oxygen atoms in total. The third-order valence-electron chi connectivity index (χ3n) is 4.13. The first-order chi connectivity index (χ1) is 12.4. The van der Waals surface area contributed by atoms with Gasteiger partial charge in [0.1, 0.15) is 6.61 Å². The number of carboxylic acid groups (broad SMARTS) is 1. The van der Waals surface area contributed by atoms with E-state index in [1.807, 2.05) is 0 Å². The molecular weight excluding hydrogens is 379 g/mol. The smallest absolute Gasteiger partial charge is 0.310 e. The Hall–Kier alpha value is -2.37. The molecule has 0 fully saturated rings. The number of aliphatic carboxylic acids is 1. The highest BCUT2D eigenvalue weighted by molar-refractivity contribution is 6.35. The molecule has 136 valence electrons. The van der Waals surface area contributed by atoms with Crippen molar-refractivity contribution in [2.75, 3.05) is 7.11 Å². The molecule has 0 saturated carbocycles. The minimum absolute atomic E-state index is 0.219. The topological polar surface area (TPSA) is 68.9 Å². The summed E-state index contributed by atoms with van der Waals surface area (Å²) in [4.78, 5) is 11.3. The maximum atomic E-state index is 11.3. The quantitative estimate of drug-likeness (QED) is 0.596. The van der Waals surface area contributed by atoms with Gasteiger partial charge in [0.15, 0.2) is 11.3 Å². The van der Waals surface area contributed by atoms with Gasteiger partial charge < -0.3 is 19.0 Å². The van der Waals surface area contributed by atoms with Gasteiger partial charge in [0.05, 0.1) is 19.3 Å². The lowest BCUT2D eigenvalue weighted by molar-refractivity contribution is -0.138. The normalized spacial score (nSPS) is 12.2. The van der Waals surface area contributed by atoms with E-state index in [0.717, 1.165) is 5.56 Å². The summed E-state index contributed by atoms with van der Waals surface area (Å²) in [5.74, 6) is -0.753. The van der Waals surface area contributed by atoms with E-state index in [1.54, 1.807) is 37.3 Å². The Bertz CT molecular complexity index is 964. The van der Waals surface area contributed by atoms with Crippen molar-refractivity contribution in [3.8, 4) is 11.5 Å². The lowest BCUT2D eigenvalue weighted by Crippen LogP contribution is -2.06. The summed E-state index contributed by atoms with van der Waals surface area (Å²) in [7, 11) is 1.50. The zero-order valence-corrected chi connectivity index (χ0v) is 15.6. The molecule has 0 amide bonds. The molecule has 0 aliphatic heterocycles. The average Bonchev–Trinajstić information content (AvgIpc) is 3.03. The van der Waals surface area contributed by atoms with Gasteiger partial charge in [-0.3, -0.25) is 4.79 Å². The Labute approximate surface area is 160 Å². The van der Waals surface area contributed by atoms with Gasteiger partial charge in [0.2, 0.25) is 5.75 Å². The first-order valence-corrected chi connectivity index (χ1v) is 8.55. The molecule has 0 radical (unpaired) electrons. The SMILES string of the molecule is COc1c(OCc2ccc(Cl)cc2Cl)ccc2c(C(C)C(=O)O)coc12. The number of fused-ring (bicyclic) bond motifs is 1. The lowest BCUT2D eigenvalue weighted by atomic mass is 10.0. The average molecular weight is 395 g/mol. The van der Waals surface area contributed by atoms with Crippen LogP contribution in [0.15, 0.2) is 41.0 Å². The highest BCUT2D eigenvalue weighted by Crippen LogP contribution is 2.40. The van der Waals surface area contributed by atoms with Crippen molar-refractivity contribution >= 4 is 40.1 Å². The van der Waals surface area contributed by atoms with E-state index in [1.165, 1.54) is 13.4 Å². The molecule has 26 heavy (non-hydrogen) atoms. The van der Waals surface area contributed by atoms with Crippen LogP contribution in [0, 0.1) is 0 Å². The predicted octanol–water partition coefficient (Wildman–Crippen LogP) is 5.52. The number of benzene rings is 2. The van der Waals surface area contributed by atoms with Gasteiger partial charge in [-0.05, 0) is 31.2 Å². The fraction of sp³-hybridized carbons (Fsp3) is 0.211. The van der Waals surface area contributed by atoms with Crippen LogP contribution < -0.4 is 9.47 Å². The number of carbonyl (C=O) groups is 1. The van der Waals surface area contributed by atoms with Crippen LogP contribution in [0.5, 0.6) is 11.5 Å². The Morgan fingerprint density at radius 1 is 1.27 bits per heavy atom. The van der Waals surface area contributed by atoms with Crippen molar-refractivity contribution in [3.05, 3.63) is 57.8 Å². The van der Waals surface area contributed by atoms with Crippen LogP contribution in [-0.4, -0.2) is 18.2 Å². The van der Waals surface area contributed by atoms with Gasteiger partial charge in [0, 0.05) is 26.6 Å². The number of ether oxygens (including phenoxy) is 2. The third-order valence-corrected chi connectivity index (χ3v) is 4.72. The van der Waals surface area contributed by atoms with Crippen LogP contribution in [0.3, 0.4) is 0 Å². The Kier molecular flexibility index (Phi) is 5.30. The zero-order valence-electron chi connectivity index (χ0n) is 14.1. The minimum Gasteiger partial charge on any atom is -0.490 e. The number of halogens is 2. The molecule has 1 heterocycles. The van der Waals surface area contributed by atoms with Crippen LogP contribution >= 0.6 is 23.2 Å². The maximum absolute atomic E-state index is 11.3. The molecule has 1 N–H and O–H groups in total. The van der Waals surface area contributed by atoms with E-state index in [0.29, 0.717) is 38.1 Å². The summed E-state index contributed by atoms with van der Waals surface area (Å²) in [6, 6.07) is 8.65. The summed E-state index contributed by atoms with van der Waals surface area (Å²) in [6.45, 7) is 1.82. The van der Waals surface area contributed by atoms with Crippen LogP contribution in [0.25, 0.3) is 11.0 Å². The van der Waals surface area contributed by atoms with Gasteiger partial charge in [-0.2, -0.15) is 0 Å². The Morgan fingerprint density at radius 3 is 2.69 bits per heavy atom. The van der Waals surface area contributed by atoms with Gasteiger partial charge in [-0.15, -0.1) is 0 Å². The van der Waals surface area contributed by atoms with Crippen molar-refractivity contribution < 1.29 is 23.8 Å². The second kappa shape index (κ2) is 7.48. The fourth-order valence-electron chi connectivity index (χ4n) is 2.64. The standard InChI is InChI=1S/C19H16Cl2O5/c1-10(19(22)23)14-9-26-17-13(14)5-6-16(18(17)24-2)25-8-11-3-4-12(20)7-15(11)21/h3-7,9-10H,8H2,1-2H3,(H,22,23). The van der Waals surface area contributed by atoms with Crippen molar-refractivity contribution in [3.63, 3.8) is 0 Å². The molecule has 0 saturated heterocycles. The minimum atomic E-state index is -0.927. The molecule has 0 aliphatic rings.